The van der Waals surface area contributed by atoms with Gasteiger partial charge >= 0.3 is 6.03 Å². The van der Waals surface area contributed by atoms with Crippen molar-refractivity contribution in [2.24, 2.45) is 13.0 Å². The zero-order chi connectivity index (χ0) is 21.3. The highest BCUT2D eigenvalue weighted by Gasteiger charge is 2.58. The molecule has 1 aromatic rings. The highest BCUT2D eigenvalue weighted by atomic mass is 16.5. The minimum Gasteiger partial charge on any atom is -0.383 e. The molecule has 0 bridgehead atoms. The van der Waals surface area contributed by atoms with Gasteiger partial charge in [0.25, 0.3) is 11.8 Å². The van der Waals surface area contributed by atoms with Crippen LogP contribution in [0.25, 0.3) is 0 Å². The van der Waals surface area contributed by atoms with Crippen LogP contribution >= 0.6 is 0 Å². The monoisotopic (exact) mass is 405 g/mol. The lowest BCUT2D eigenvalue weighted by molar-refractivity contribution is -0.135. The fourth-order valence-corrected chi connectivity index (χ4v) is 4.35. The Labute approximate surface area is 171 Å². The van der Waals surface area contributed by atoms with Crippen molar-refractivity contribution in [3.05, 3.63) is 17.7 Å². The van der Waals surface area contributed by atoms with E-state index in [1.54, 1.807) is 34.9 Å². The summed E-state index contributed by atoms with van der Waals surface area (Å²) < 4.78 is 6.81. The summed E-state index contributed by atoms with van der Waals surface area (Å²) in [6.07, 6.45) is 2.51. The zero-order valence-electron chi connectivity index (χ0n) is 18.0. The molecule has 0 N–H and O–H groups in total. The fraction of sp³-hybridized carbons (Fsp3) is 0.700. The van der Waals surface area contributed by atoms with E-state index in [0.29, 0.717) is 50.5 Å². The summed E-state index contributed by atoms with van der Waals surface area (Å²) in [4.78, 5) is 48.3. The van der Waals surface area contributed by atoms with Crippen LogP contribution in [-0.2, 0) is 16.6 Å². The van der Waals surface area contributed by atoms with Gasteiger partial charge in [0.1, 0.15) is 11.2 Å². The van der Waals surface area contributed by atoms with Crippen LogP contribution in [0.3, 0.4) is 0 Å². The van der Waals surface area contributed by atoms with Crippen molar-refractivity contribution in [3.8, 4) is 0 Å². The summed E-state index contributed by atoms with van der Waals surface area (Å²) in [5.41, 5.74) is 0.389. The topological polar surface area (TPSA) is 88.0 Å². The molecule has 0 aliphatic carbocycles. The third-order valence-corrected chi connectivity index (χ3v) is 5.89. The molecule has 2 saturated heterocycles. The summed E-state index contributed by atoms with van der Waals surface area (Å²) >= 11 is 0. The van der Waals surface area contributed by atoms with E-state index >= 15 is 0 Å². The van der Waals surface area contributed by atoms with Gasteiger partial charge in [-0.25, -0.2) is 9.78 Å². The molecule has 1 spiro atoms. The molecule has 0 saturated carbocycles. The zero-order valence-corrected chi connectivity index (χ0v) is 18.0. The lowest BCUT2D eigenvalue weighted by atomic mass is 9.85. The van der Waals surface area contributed by atoms with Crippen LogP contribution in [0.1, 0.15) is 42.9 Å². The van der Waals surface area contributed by atoms with Crippen LogP contribution in [0.15, 0.2) is 6.33 Å². The van der Waals surface area contributed by atoms with Crippen molar-refractivity contribution < 1.29 is 19.1 Å². The van der Waals surface area contributed by atoms with Crippen LogP contribution in [0.5, 0.6) is 0 Å². The Bertz CT molecular complexity index is 775. The van der Waals surface area contributed by atoms with Gasteiger partial charge < -0.3 is 19.1 Å². The molecule has 3 rings (SSSR count). The SMILES string of the molecule is COCCN1C(=O)N(CC(C)C)C2(CCN(C(=O)c3c(C)ncn3C)CC2)C1=O. The lowest BCUT2D eigenvalue weighted by Crippen LogP contribution is -2.58. The van der Waals surface area contributed by atoms with Crippen LogP contribution in [0.4, 0.5) is 4.79 Å². The number of carbonyl (C=O) groups excluding carboxylic acids is 3. The highest BCUT2D eigenvalue weighted by Crippen LogP contribution is 2.38. The van der Waals surface area contributed by atoms with Crippen LogP contribution in [0.2, 0.25) is 0 Å². The first-order chi connectivity index (χ1) is 13.7. The second kappa shape index (κ2) is 8.14. The van der Waals surface area contributed by atoms with E-state index in [1.807, 2.05) is 20.8 Å². The van der Waals surface area contributed by atoms with Gasteiger partial charge in [-0.2, -0.15) is 0 Å². The van der Waals surface area contributed by atoms with Crippen molar-refractivity contribution in [2.75, 3.05) is 39.9 Å². The Morgan fingerprint density at radius 2 is 1.93 bits per heavy atom. The maximum absolute atomic E-state index is 13.3. The fourth-order valence-electron chi connectivity index (χ4n) is 4.35. The van der Waals surface area contributed by atoms with E-state index in [4.69, 9.17) is 4.74 Å². The van der Waals surface area contributed by atoms with Gasteiger partial charge in [-0.1, -0.05) is 13.8 Å². The summed E-state index contributed by atoms with van der Waals surface area (Å²) in [7, 11) is 3.35. The second-order valence-corrected chi connectivity index (χ2v) is 8.35. The normalized spacial score (nSPS) is 19.2. The Kier molecular flexibility index (Phi) is 5.97. The molecule has 4 amide bonds. The molecule has 1 aromatic heterocycles. The first kappa shape index (κ1) is 21.3. The van der Waals surface area contributed by atoms with E-state index in [9.17, 15) is 14.4 Å². The van der Waals surface area contributed by atoms with Gasteiger partial charge in [0.2, 0.25) is 0 Å². The molecule has 9 heteroatoms. The Hall–Kier alpha value is -2.42. The number of aromatic nitrogens is 2. The molecular weight excluding hydrogens is 374 g/mol. The molecule has 2 aliphatic heterocycles. The van der Waals surface area contributed by atoms with Gasteiger partial charge in [-0.05, 0) is 25.7 Å². The molecule has 2 fully saturated rings. The highest BCUT2D eigenvalue weighted by molar-refractivity contribution is 6.07. The Morgan fingerprint density at radius 1 is 1.28 bits per heavy atom. The largest absolute Gasteiger partial charge is 0.383 e. The van der Waals surface area contributed by atoms with Crippen LogP contribution < -0.4 is 0 Å². The van der Waals surface area contributed by atoms with Crippen molar-refractivity contribution in [3.63, 3.8) is 0 Å². The van der Waals surface area contributed by atoms with E-state index < -0.39 is 5.54 Å². The number of imide groups is 1. The molecule has 0 aromatic carbocycles. The predicted octanol–water partition coefficient (Wildman–Crippen LogP) is 1.27. The predicted molar refractivity (Wildman–Crippen MR) is 106 cm³/mol. The number of nitrogens with zero attached hydrogens (tertiary/aromatic N) is 5. The number of ether oxygens (including phenoxy) is 1. The quantitative estimate of drug-likeness (QED) is 0.665. The summed E-state index contributed by atoms with van der Waals surface area (Å²) in [6.45, 7) is 7.82. The number of piperidine rings is 1. The average molecular weight is 405 g/mol. The van der Waals surface area contributed by atoms with E-state index in [0.717, 1.165) is 0 Å². The first-order valence-corrected chi connectivity index (χ1v) is 10.1. The molecule has 0 radical (unpaired) electrons. The average Bonchev–Trinajstić information content (AvgIpc) is 3.11. The Morgan fingerprint density at radius 3 is 2.45 bits per heavy atom. The van der Waals surface area contributed by atoms with Crippen molar-refractivity contribution >= 4 is 17.8 Å². The van der Waals surface area contributed by atoms with Gasteiger partial charge in [-0.15, -0.1) is 0 Å². The number of urea groups is 1. The number of likely N-dealkylation sites (tertiary alicyclic amines) is 1. The summed E-state index contributed by atoms with van der Waals surface area (Å²) in [6, 6.07) is -0.247. The number of hydrogen-bond acceptors (Lipinski definition) is 5. The van der Waals surface area contributed by atoms with Crippen molar-refractivity contribution in [1.29, 1.82) is 0 Å². The minimum absolute atomic E-state index is 0.0826. The third kappa shape index (κ3) is 3.63. The number of methoxy groups -OCH3 is 1. The number of amides is 4. The maximum atomic E-state index is 13.3. The maximum Gasteiger partial charge on any atom is 0.327 e. The van der Waals surface area contributed by atoms with Gasteiger partial charge in [0.15, 0.2) is 0 Å². The Balaban J connectivity index is 1.81. The number of hydrogen-bond donors (Lipinski definition) is 0. The summed E-state index contributed by atoms with van der Waals surface area (Å²) in [5, 5.41) is 0. The minimum atomic E-state index is -0.868. The molecule has 9 nitrogen and oxygen atoms in total. The molecule has 0 atom stereocenters. The van der Waals surface area contributed by atoms with E-state index in [-0.39, 0.29) is 30.3 Å². The molecule has 0 unspecified atom stereocenters. The van der Waals surface area contributed by atoms with E-state index in [2.05, 4.69) is 4.98 Å². The molecular formula is C20H31N5O4. The number of aryl methyl sites for hydroxylation is 2. The molecule has 2 aliphatic rings. The molecule has 3 heterocycles. The smallest absolute Gasteiger partial charge is 0.327 e. The van der Waals surface area contributed by atoms with Crippen molar-refractivity contribution in [1.82, 2.24) is 24.3 Å². The number of rotatable bonds is 6. The second-order valence-electron chi connectivity index (χ2n) is 8.35. The van der Waals surface area contributed by atoms with Gasteiger partial charge in [0, 0.05) is 33.8 Å². The van der Waals surface area contributed by atoms with Crippen LogP contribution in [0, 0.1) is 12.8 Å². The van der Waals surface area contributed by atoms with Gasteiger partial charge in [0.05, 0.1) is 25.2 Å². The molecule has 160 valence electrons. The molecule has 29 heavy (non-hydrogen) atoms. The van der Waals surface area contributed by atoms with Crippen LogP contribution in [-0.4, -0.2) is 87.5 Å². The number of carbonyl (C=O) groups is 3. The standard InChI is InChI=1S/C20H31N5O4/c1-14(2)12-25-19(28)24(10-11-29-5)18(27)20(25)6-8-23(9-7-20)17(26)16-15(3)21-13-22(16)4/h13-14H,6-12H2,1-5H3. The lowest BCUT2D eigenvalue weighted by Gasteiger charge is -2.42. The third-order valence-electron chi connectivity index (χ3n) is 5.89. The number of imidazole rings is 1. The van der Waals surface area contributed by atoms with E-state index in [1.165, 1.54) is 4.90 Å². The van der Waals surface area contributed by atoms with Crippen molar-refractivity contribution in [2.45, 2.75) is 39.2 Å². The summed E-state index contributed by atoms with van der Waals surface area (Å²) in [5.74, 6) is -0.00691. The first-order valence-electron chi connectivity index (χ1n) is 10.1. The van der Waals surface area contributed by atoms with Gasteiger partial charge in [-0.3, -0.25) is 14.5 Å².